The zero-order chi connectivity index (χ0) is 13.8. The zero-order valence-electron chi connectivity index (χ0n) is 10.7. The van der Waals surface area contributed by atoms with Gasteiger partial charge in [0.15, 0.2) is 0 Å². The van der Waals surface area contributed by atoms with Crippen molar-refractivity contribution < 1.29 is 9.53 Å². The van der Waals surface area contributed by atoms with E-state index in [4.69, 9.17) is 11.0 Å². The lowest BCUT2D eigenvalue weighted by molar-refractivity contribution is 0.167. The standard InChI is InChI=1S/C13H16N4O2/c1-19-13(18)16-10-4-5-17(8-10)11-2-3-12(15)9(6-11)7-14/h2-3,6,10H,4-5,8,15H2,1H3,(H,16,18). The normalized spacial score (nSPS) is 17.9. The van der Waals surface area contributed by atoms with Crippen LogP contribution in [0.15, 0.2) is 18.2 Å². The molecule has 6 heteroatoms. The van der Waals surface area contributed by atoms with Gasteiger partial charge in [0, 0.05) is 24.5 Å². The Hall–Kier alpha value is -2.42. The highest BCUT2D eigenvalue weighted by Gasteiger charge is 2.24. The molecule has 0 saturated carbocycles. The Kier molecular flexibility index (Phi) is 3.76. The third kappa shape index (κ3) is 2.88. The van der Waals surface area contributed by atoms with E-state index in [1.807, 2.05) is 6.07 Å². The van der Waals surface area contributed by atoms with E-state index in [0.29, 0.717) is 17.8 Å². The summed E-state index contributed by atoms with van der Waals surface area (Å²) in [6.45, 7) is 1.52. The van der Waals surface area contributed by atoms with Crippen molar-refractivity contribution in [3.05, 3.63) is 23.8 Å². The average Bonchev–Trinajstić information content (AvgIpc) is 2.87. The predicted molar refractivity (Wildman–Crippen MR) is 71.7 cm³/mol. The molecule has 100 valence electrons. The lowest BCUT2D eigenvalue weighted by Crippen LogP contribution is -2.36. The predicted octanol–water partition coefficient (Wildman–Crippen LogP) is 1.08. The summed E-state index contributed by atoms with van der Waals surface area (Å²) in [4.78, 5) is 13.3. The lowest BCUT2D eigenvalue weighted by atomic mass is 10.1. The molecule has 0 bridgehead atoms. The highest BCUT2D eigenvalue weighted by Crippen LogP contribution is 2.24. The summed E-state index contributed by atoms with van der Waals surface area (Å²) >= 11 is 0. The number of hydrogen-bond donors (Lipinski definition) is 2. The summed E-state index contributed by atoms with van der Waals surface area (Å²) in [5.74, 6) is 0. The first-order valence-electron chi connectivity index (χ1n) is 6.03. The van der Waals surface area contributed by atoms with E-state index in [0.717, 1.165) is 18.7 Å². The van der Waals surface area contributed by atoms with Gasteiger partial charge in [-0.15, -0.1) is 0 Å². The van der Waals surface area contributed by atoms with Gasteiger partial charge >= 0.3 is 6.09 Å². The summed E-state index contributed by atoms with van der Waals surface area (Å²) in [6, 6.07) is 7.53. The summed E-state index contributed by atoms with van der Waals surface area (Å²) in [5.41, 5.74) is 7.59. The van der Waals surface area contributed by atoms with Crippen LogP contribution in [0, 0.1) is 11.3 Å². The van der Waals surface area contributed by atoms with Crippen molar-refractivity contribution in [3.8, 4) is 6.07 Å². The number of carbonyl (C=O) groups excluding carboxylic acids is 1. The summed E-state index contributed by atoms with van der Waals surface area (Å²) in [6.07, 6.45) is 0.434. The molecular weight excluding hydrogens is 244 g/mol. The number of nitrogens with zero attached hydrogens (tertiary/aromatic N) is 2. The van der Waals surface area contributed by atoms with Crippen molar-refractivity contribution in [1.29, 1.82) is 5.26 Å². The SMILES string of the molecule is COC(=O)NC1CCN(c2ccc(N)c(C#N)c2)C1. The van der Waals surface area contributed by atoms with Crippen LogP contribution in [0.5, 0.6) is 0 Å². The van der Waals surface area contributed by atoms with Gasteiger partial charge in [-0.1, -0.05) is 0 Å². The fourth-order valence-corrected chi connectivity index (χ4v) is 2.18. The first-order chi connectivity index (χ1) is 9.13. The highest BCUT2D eigenvalue weighted by molar-refractivity contribution is 5.68. The monoisotopic (exact) mass is 260 g/mol. The van der Waals surface area contributed by atoms with Crippen molar-refractivity contribution >= 4 is 17.5 Å². The molecule has 1 aliphatic rings. The number of amides is 1. The van der Waals surface area contributed by atoms with Crippen molar-refractivity contribution in [2.75, 3.05) is 30.8 Å². The van der Waals surface area contributed by atoms with Crippen LogP contribution >= 0.6 is 0 Å². The molecule has 1 unspecified atom stereocenters. The average molecular weight is 260 g/mol. The molecule has 1 heterocycles. The van der Waals surface area contributed by atoms with Gasteiger partial charge in [-0.3, -0.25) is 0 Å². The molecule has 0 spiro atoms. The van der Waals surface area contributed by atoms with Crippen LogP contribution in [-0.4, -0.2) is 32.3 Å². The second-order valence-corrected chi connectivity index (χ2v) is 4.45. The molecule has 19 heavy (non-hydrogen) atoms. The van der Waals surface area contributed by atoms with Crippen LogP contribution in [0.4, 0.5) is 16.2 Å². The van der Waals surface area contributed by atoms with E-state index in [2.05, 4.69) is 21.0 Å². The molecule has 1 aromatic rings. The van der Waals surface area contributed by atoms with E-state index >= 15 is 0 Å². The van der Waals surface area contributed by atoms with E-state index in [1.165, 1.54) is 7.11 Å². The minimum atomic E-state index is -0.415. The Morgan fingerprint density at radius 3 is 3.11 bits per heavy atom. The number of methoxy groups -OCH3 is 1. The number of nitrogens with two attached hydrogens (primary N) is 1. The fraction of sp³-hybridized carbons (Fsp3) is 0.385. The number of hydrogen-bond acceptors (Lipinski definition) is 5. The largest absolute Gasteiger partial charge is 0.453 e. The third-order valence-electron chi connectivity index (χ3n) is 3.22. The number of nitrogen functional groups attached to an aromatic ring is 1. The van der Waals surface area contributed by atoms with Crippen LogP contribution < -0.4 is 16.0 Å². The van der Waals surface area contributed by atoms with Gasteiger partial charge < -0.3 is 20.7 Å². The molecule has 0 aromatic heterocycles. The van der Waals surface area contributed by atoms with Crippen molar-refractivity contribution in [2.45, 2.75) is 12.5 Å². The molecule has 2 rings (SSSR count). The Balaban J connectivity index is 2.05. The van der Waals surface area contributed by atoms with Gasteiger partial charge in [0.2, 0.25) is 0 Å². The Morgan fingerprint density at radius 1 is 1.63 bits per heavy atom. The summed E-state index contributed by atoms with van der Waals surface area (Å²) in [5, 5.41) is 11.7. The van der Waals surface area contributed by atoms with E-state index in [-0.39, 0.29) is 6.04 Å². The second kappa shape index (κ2) is 5.48. The second-order valence-electron chi connectivity index (χ2n) is 4.45. The maximum Gasteiger partial charge on any atom is 0.407 e. The minimum absolute atomic E-state index is 0.0653. The van der Waals surface area contributed by atoms with Gasteiger partial charge in [-0.05, 0) is 24.6 Å². The van der Waals surface area contributed by atoms with Crippen LogP contribution in [0.25, 0.3) is 0 Å². The number of rotatable bonds is 2. The van der Waals surface area contributed by atoms with Crippen molar-refractivity contribution in [1.82, 2.24) is 5.32 Å². The zero-order valence-corrected chi connectivity index (χ0v) is 10.7. The summed E-state index contributed by atoms with van der Waals surface area (Å²) in [7, 11) is 1.35. The van der Waals surface area contributed by atoms with Crippen LogP contribution in [0.1, 0.15) is 12.0 Å². The van der Waals surface area contributed by atoms with Gasteiger partial charge in [0.1, 0.15) is 6.07 Å². The quantitative estimate of drug-likeness (QED) is 0.776. The first-order valence-corrected chi connectivity index (χ1v) is 6.03. The lowest BCUT2D eigenvalue weighted by Gasteiger charge is -2.19. The van der Waals surface area contributed by atoms with Gasteiger partial charge in [0.25, 0.3) is 0 Å². The minimum Gasteiger partial charge on any atom is -0.453 e. The maximum atomic E-state index is 11.1. The number of carbonyl (C=O) groups is 1. The molecular formula is C13H16N4O2. The molecule has 1 aliphatic heterocycles. The maximum absolute atomic E-state index is 11.1. The van der Waals surface area contributed by atoms with E-state index < -0.39 is 6.09 Å². The fourth-order valence-electron chi connectivity index (χ4n) is 2.18. The van der Waals surface area contributed by atoms with Crippen molar-refractivity contribution in [2.24, 2.45) is 0 Å². The molecule has 1 atom stereocenters. The molecule has 1 aromatic carbocycles. The van der Waals surface area contributed by atoms with Gasteiger partial charge in [-0.2, -0.15) is 5.26 Å². The third-order valence-corrected chi connectivity index (χ3v) is 3.22. The number of ether oxygens (including phenoxy) is 1. The van der Waals surface area contributed by atoms with Crippen LogP contribution in [-0.2, 0) is 4.74 Å². The first kappa shape index (κ1) is 13.0. The molecule has 1 fully saturated rings. The Labute approximate surface area is 111 Å². The van der Waals surface area contributed by atoms with Gasteiger partial charge in [0.05, 0.1) is 18.7 Å². The van der Waals surface area contributed by atoms with Crippen molar-refractivity contribution in [3.63, 3.8) is 0 Å². The molecule has 3 N–H and O–H groups in total. The molecule has 6 nitrogen and oxygen atoms in total. The van der Waals surface area contributed by atoms with Crippen LogP contribution in [0.3, 0.4) is 0 Å². The molecule has 0 aliphatic carbocycles. The Bertz CT molecular complexity index is 524. The smallest absolute Gasteiger partial charge is 0.407 e. The summed E-state index contributed by atoms with van der Waals surface area (Å²) < 4.78 is 4.58. The molecule has 1 saturated heterocycles. The number of anilines is 2. The number of benzene rings is 1. The van der Waals surface area contributed by atoms with Gasteiger partial charge in [-0.25, -0.2) is 4.79 Å². The number of nitrogens with one attached hydrogen (secondary N) is 1. The topological polar surface area (TPSA) is 91.4 Å². The highest BCUT2D eigenvalue weighted by atomic mass is 16.5. The van der Waals surface area contributed by atoms with E-state index in [1.54, 1.807) is 12.1 Å². The molecule has 1 amide bonds. The van der Waals surface area contributed by atoms with E-state index in [9.17, 15) is 4.79 Å². The molecule has 0 radical (unpaired) electrons. The number of nitriles is 1. The Morgan fingerprint density at radius 2 is 2.42 bits per heavy atom. The van der Waals surface area contributed by atoms with Crippen LogP contribution in [0.2, 0.25) is 0 Å². The number of alkyl carbamates (subject to hydrolysis) is 1.